The van der Waals surface area contributed by atoms with E-state index in [1.807, 2.05) is 0 Å². The summed E-state index contributed by atoms with van der Waals surface area (Å²) < 4.78 is 0. The molecular weight excluding hydrogens is 228 g/mol. The van der Waals surface area contributed by atoms with Crippen LogP contribution in [0.1, 0.15) is 0 Å². The van der Waals surface area contributed by atoms with E-state index >= 15 is 0 Å². The number of hydrogen-bond donors (Lipinski definition) is 4. The number of nitrogens with one attached hydrogen (secondary N) is 2. The molecule has 0 rings (SSSR count). The van der Waals surface area contributed by atoms with Crippen molar-refractivity contribution in [2.45, 2.75) is 0 Å². The predicted octanol–water partition coefficient (Wildman–Crippen LogP) is -2.05. The van der Waals surface area contributed by atoms with E-state index in [1.165, 1.54) is 0 Å². The highest BCUT2D eigenvalue weighted by Crippen LogP contribution is 1.78. The Morgan fingerprint density at radius 3 is 1.39 bits per heavy atom. The minimum absolute atomic E-state index is 0.731. The minimum atomic E-state index is 0.731. The van der Waals surface area contributed by atoms with Crippen LogP contribution in [0.3, 0.4) is 0 Å². The summed E-state index contributed by atoms with van der Waals surface area (Å²) in [5.74, 6) is 0. The summed E-state index contributed by atoms with van der Waals surface area (Å²) in [6.07, 6.45) is 0. The molecule has 6 heteroatoms. The van der Waals surface area contributed by atoms with E-state index in [0.717, 1.165) is 65.4 Å². The maximum atomic E-state index is 5.48. The molecule has 0 saturated carbocycles. The van der Waals surface area contributed by atoms with E-state index in [-0.39, 0.29) is 0 Å². The zero-order chi connectivity index (χ0) is 13.6. The van der Waals surface area contributed by atoms with Gasteiger partial charge >= 0.3 is 0 Å². The normalized spacial score (nSPS) is 11.7. The molecule has 6 N–H and O–H groups in total. The number of hydrogen-bond acceptors (Lipinski definition) is 6. The summed E-state index contributed by atoms with van der Waals surface area (Å²) in [5.41, 5.74) is 11.0. The Bertz CT molecular complexity index is 149. The van der Waals surface area contributed by atoms with Crippen molar-refractivity contribution >= 4 is 0 Å². The fraction of sp³-hybridized carbons (Fsp3) is 1.00. The van der Waals surface area contributed by atoms with Crippen molar-refractivity contribution in [2.24, 2.45) is 11.5 Å². The highest BCUT2D eigenvalue weighted by atomic mass is 15.1. The Hall–Kier alpha value is -0.240. The van der Waals surface area contributed by atoms with Gasteiger partial charge in [0.25, 0.3) is 0 Å². The van der Waals surface area contributed by atoms with Gasteiger partial charge in [-0.2, -0.15) is 0 Å². The lowest BCUT2D eigenvalue weighted by Gasteiger charge is -2.16. The van der Waals surface area contributed by atoms with Gasteiger partial charge in [-0.05, 0) is 14.1 Å². The van der Waals surface area contributed by atoms with Crippen molar-refractivity contribution in [3.8, 4) is 0 Å². The fourth-order valence-electron chi connectivity index (χ4n) is 1.63. The first-order valence-corrected chi connectivity index (χ1v) is 6.89. The van der Waals surface area contributed by atoms with Gasteiger partial charge in [-0.15, -0.1) is 0 Å². The van der Waals surface area contributed by atoms with Crippen LogP contribution < -0.4 is 22.1 Å². The SMILES string of the molecule is CN(CCN)CCNCCNCCN(C)CCN. The summed E-state index contributed by atoms with van der Waals surface area (Å²) in [7, 11) is 4.19. The maximum Gasteiger partial charge on any atom is 0.0104 e. The molecule has 0 aliphatic carbocycles. The highest BCUT2D eigenvalue weighted by molar-refractivity contribution is 4.58. The van der Waals surface area contributed by atoms with Crippen molar-refractivity contribution in [1.82, 2.24) is 20.4 Å². The number of nitrogens with zero attached hydrogens (tertiary/aromatic N) is 2. The van der Waals surface area contributed by atoms with Crippen molar-refractivity contribution in [1.29, 1.82) is 0 Å². The van der Waals surface area contributed by atoms with Gasteiger partial charge in [-0.25, -0.2) is 0 Å². The monoisotopic (exact) mass is 260 g/mol. The third-order valence-corrected chi connectivity index (χ3v) is 2.84. The van der Waals surface area contributed by atoms with E-state index < -0.39 is 0 Å². The third kappa shape index (κ3) is 12.2. The fourth-order valence-corrected chi connectivity index (χ4v) is 1.63. The van der Waals surface area contributed by atoms with Gasteiger partial charge in [-0.1, -0.05) is 0 Å². The topological polar surface area (TPSA) is 82.6 Å². The molecule has 0 radical (unpaired) electrons. The van der Waals surface area contributed by atoms with Crippen LogP contribution in [0.15, 0.2) is 0 Å². The van der Waals surface area contributed by atoms with Gasteiger partial charge in [0.1, 0.15) is 0 Å². The molecule has 6 nitrogen and oxygen atoms in total. The largest absolute Gasteiger partial charge is 0.329 e. The van der Waals surface area contributed by atoms with Crippen LogP contribution in [0, 0.1) is 0 Å². The lowest BCUT2D eigenvalue weighted by atomic mass is 10.4. The Morgan fingerprint density at radius 2 is 1.06 bits per heavy atom. The molecule has 0 unspecified atom stereocenters. The molecule has 110 valence electrons. The van der Waals surface area contributed by atoms with Gasteiger partial charge in [-0.3, -0.25) is 0 Å². The van der Waals surface area contributed by atoms with Crippen molar-refractivity contribution < 1.29 is 0 Å². The molecule has 0 aromatic carbocycles. The summed E-state index contributed by atoms with van der Waals surface area (Å²) in [6.45, 7) is 9.56. The van der Waals surface area contributed by atoms with Crippen LogP contribution >= 0.6 is 0 Å². The number of nitrogens with two attached hydrogens (primary N) is 2. The van der Waals surface area contributed by atoms with E-state index in [2.05, 4.69) is 34.5 Å². The van der Waals surface area contributed by atoms with Crippen molar-refractivity contribution in [2.75, 3.05) is 79.5 Å². The molecule has 0 heterocycles. The first-order chi connectivity index (χ1) is 8.70. The molecule has 0 aliphatic heterocycles. The summed E-state index contributed by atoms with van der Waals surface area (Å²) in [4.78, 5) is 4.48. The smallest absolute Gasteiger partial charge is 0.0104 e. The van der Waals surface area contributed by atoms with Crippen molar-refractivity contribution in [3.63, 3.8) is 0 Å². The van der Waals surface area contributed by atoms with Gasteiger partial charge in [0.2, 0.25) is 0 Å². The first kappa shape index (κ1) is 17.8. The van der Waals surface area contributed by atoms with Gasteiger partial charge < -0.3 is 31.9 Å². The van der Waals surface area contributed by atoms with E-state index in [1.54, 1.807) is 0 Å². The molecule has 0 saturated heterocycles. The van der Waals surface area contributed by atoms with Crippen LogP contribution in [0.4, 0.5) is 0 Å². The van der Waals surface area contributed by atoms with Crippen LogP contribution in [-0.4, -0.2) is 89.3 Å². The van der Waals surface area contributed by atoms with Crippen molar-refractivity contribution in [3.05, 3.63) is 0 Å². The zero-order valence-corrected chi connectivity index (χ0v) is 12.1. The lowest BCUT2D eigenvalue weighted by Crippen LogP contribution is -2.37. The number of rotatable bonds is 13. The first-order valence-electron chi connectivity index (χ1n) is 6.89. The quantitative estimate of drug-likeness (QED) is 0.285. The molecule has 0 fully saturated rings. The van der Waals surface area contributed by atoms with Crippen LogP contribution in [-0.2, 0) is 0 Å². The average molecular weight is 260 g/mol. The minimum Gasteiger partial charge on any atom is -0.329 e. The van der Waals surface area contributed by atoms with Gasteiger partial charge in [0, 0.05) is 65.4 Å². The van der Waals surface area contributed by atoms with Crippen LogP contribution in [0.2, 0.25) is 0 Å². The summed E-state index contributed by atoms with van der Waals surface area (Å²) in [5, 5.41) is 6.82. The second-order valence-electron chi connectivity index (χ2n) is 4.68. The summed E-state index contributed by atoms with van der Waals surface area (Å²) >= 11 is 0. The van der Waals surface area contributed by atoms with E-state index in [0.29, 0.717) is 0 Å². The Balaban J connectivity index is 3.11. The maximum absolute atomic E-state index is 5.48. The third-order valence-electron chi connectivity index (χ3n) is 2.84. The summed E-state index contributed by atoms with van der Waals surface area (Å²) in [6, 6.07) is 0. The molecule has 18 heavy (non-hydrogen) atoms. The number of likely N-dealkylation sites (N-methyl/N-ethyl adjacent to an activating group) is 2. The zero-order valence-electron chi connectivity index (χ0n) is 12.1. The Morgan fingerprint density at radius 1 is 0.667 bits per heavy atom. The standard InChI is InChI=1S/C12H32N6/c1-17(9-3-13)11-7-15-5-6-16-8-12-18(2)10-4-14/h15-16H,3-14H2,1-2H3. The Kier molecular flexibility index (Phi) is 13.0. The lowest BCUT2D eigenvalue weighted by molar-refractivity contribution is 0.334. The highest BCUT2D eigenvalue weighted by Gasteiger charge is 1.96. The molecule has 0 spiro atoms. The van der Waals surface area contributed by atoms with Gasteiger partial charge in [0.15, 0.2) is 0 Å². The predicted molar refractivity (Wildman–Crippen MR) is 78.8 cm³/mol. The second-order valence-corrected chi connectivity index (χ2v) is 4.68. The molecule has 0 amide bonds. The van der Waals surface area contributed by atoms with Gasteiger partial charge in [0.05, 0.1) is 0 Å². The molecular formula is C12H32N6. The average Bonchev–Trinajstić information content (AvgIpc) is 2.33. The second kappa shape index (κ2) is 13.2. The van der Waals surface area contributed by atoms with Crippen LogP contribution in [0.25, 0.3) is 0 Å². The molecule has 0 aliphatic rings. The molecule has 0 atom stereocenters. The Labute approximate surface area is 112 Å². The van der Waals surface area contributed by atoms with E-state index in [4.69, 9.17) is 11.5 Å². The molecule has 0 aromatic rings. The molecule has 0 aromatic heterocycles. The molecule has 0 bridgehead atoms. The van der Waals surface area contributed by atoms with E-state index in [9.17, 15) is 0 Å². The van der Waals surface area contributed by atoms with Crippen LogP contribution in [0.5, 0.6) is 0 Å².